The second kappa shape index (κ2) is 8.68. The third-order valence-corrected chi connectivity index (χ3v) is 3.84. The molecule has 0 aliphatic carbocycles. The number of amides is 1. The minimum absolute atomic E-state index is 0.104. The van der Waals surface area contributed by atoms with Gasteiger partial charge in [-0.05, 0) is 32.6 Å². The van der Waals surface area contributed by atoms with Crippen LogP contribution in [0.15, 0.2) is 23.5 Å². The normalized spacial score (nSPS) is 11.5. The van der Waals surface area contributed by atoms with E-state index in [0.29, 0.717) is 13.1 Å². The van der Waals surface area contributed by atoms with E-state index in [1.165, 1.54) is 6.08 Å². The summed E-state index contributed by atoms with van der Waals surface area (Å²) in [6.07, 6.45) is 4.99. The lowest BCUT2D eigenvalue weighted by molar-refractivity contribution is -0.116. The third kappa shape index (κ3) is 4.70. The number of carbonyl (C=O) groups is 1. The molecule has 8 heteroatoms. The molecule has 0 unspecified atom stereocenters. The molecule has 0 radical (unpaired) electrons. The number of fused-ring (bicyclic) bond motifs is 1. The Hall–Kier alpha value is -2.09. The number of nitrogens with one attached hydrogen (secondary N) is 2. The molecule has 1 amide bonds. The lowest BCUT2D eigenvalue weighted by atomic mass is 10.3. The zero-order chi connectivity index (χ0) is 17.5. The minimum Gasteiger partial charge on any atom is -0.367 e. The summed E-state index contributed by atoms with van der Waals surface area (Å²) in [5.41, 5.74) is 0.782. The van der Waals surface area contributed by atoms with E-state index in [1.807, 2.05) is 6.92 Å². The van der Waals surface area contributed by atoms with Crippen molar-refractivity contribution in [2.45, 2.75) is 45.4 Å². The van der Waals surface area contributed by atoms with Crippen LogP contribution in [-0.4, -0.2) is 44.0 Å². The topological polar surface area (TPSA) is 84.7 Å². The van der Waals surface area contributed by atoms with E-state index >= 15 is 0 Å². The average Bonchev–Trinajstić information content (AvgIpc) is 2.91. The Bertz CT molecular complexity index is 725. The largest absolute Gasteiger partial charge is 0.367 e. The molecule has 2 aromatic rings. The maximum absolute atomic E-state index is 11.5. The minimum atomic E-state index is -0.104. The molecule has 2 rings (SSSR count). The highest BCUT2D eigenvalue weighted by Gasteiger charge is 2.13. The van der Waals surface area contributed by atoms with E-state index in [4.69, 9.17) is 0 Å². The van der Waals surface area contributed by atoms with E-state index < -0.39 is 0 Å². The highest BCUT2D eigenvalue weighted by molar-refractivity contribution is 7.99. The molecule has 0 spiro atoms. The summed E-state index contributed by atoms with van der Waals surface area (Å²) < 4.78 is 1.80. The molecule has 24 heavy (non-hydrogen) atoms. The molecule has 0 saturated carbocycles. The number of rotatable bonds is 8. The molecule has 0 fully saturated rings. The van der Waals surface area contributed by atoms with Crippen molar-refractivity contribution in [3.05, 3.63) is 18.3 Å². The Labute approximate surface area is 146 Å². The van der Waals surface area contributed by atoms with Gasteiger partial charge < -0.3 is 10.6 Å². The van der Waals surface area contributed by atoms with Crippen LogP contribution in [0.25, 0.3) is 11.0 Å². The van der Waals surface area contributed by atoms with Gasteiger partial charge in [0.1, 0.15) is 5.82 Å². The Kier molecular flexibility index (Phi) is 6.60. The summed E-state index contributed by atoms with van der Waals surface area (Å²) in [7, 11) is 0. The van der Waals surface area contributed by atoms with Gasteiger partial charge in [-0.25, -0.2) is 14.6 Å². The van der Waals surface area contributed by atoms with Crippen LogP contribution in [0.3, 0.4) is 0 Å². The fourth-order valence-corrected chi connectivity index (χ4v) is 2.74. The summed E-state index contributed by atoms with van der Waals surface area (Å²) in [4.78, 5) is 20.7. The number of thioether (sulfide) groups is 1. The highest BCUT2D eigenvalue weighted by Crippen LogP contribution is 2.24. The molecule has 2 aromatic heterocycles. The lowest BCUT2D eigenvalue weighted by Crippen LogP contribution is -2.25. The first-order valence-electron chi connectivity index (χ1n) is 8.08. The van der Waals surface area contributed by atoms with Gasteiger partial charge in [-0.3, -0.25) is 4.79 Å². The predicted octanol–water partition coefficient (Wildman–Crippen LogP) is 2.45. The van der Waals surface area contributed by atoms with Crippen LogP contribution in [0, 0.1) is 0 Å². The van der Waals surface area contributed by atoms with Gasteiger partial charge in [0.05, 0.1) is 18.1 Å². The standard InChI is InChI=1S/C16H24N6OS/c1-5-7-13(23)17-8-9-22-15-12(10-18-22)14(19-11(3)4)20-16(21-15)24-6-2/h5,7,10-11H,6,8-9H2,1-4H3,(H,17,23)(H,19,20,21). The maximum atomic E-state index is 11.5. The van der Waals surface area contributed by atoms with Crippen molar-refractivity contribution in [3.8, 4) is 0 Å². The first kappa shape index (κ1) is 18.3. The van der Waals surface area contributed by atoms with Crippen LogP contribution < -0.4 is 10.6 Å². The molecule has 0 bridgehead atoms. The molecule has 7 nitrogen and oxygen atoms in total. The van der Waals surface area contributed by atoms with E-state index in [2.05, 4.69) is 46.5 Å². The third-order valence-electron chi connectivity index (χ3n) is 3.12. The van der Waals surface area contributed by atoms with Crippen molar-refractivity contribution in [1.29, 1.82) is 0 Å². The Morgan fingerprint density at radius 3 is 2.88 bits per heavy atom. The quantitative estimate of drug-likeness (QED) is 0.433. The molecule has 2 heterocycles. The molecule has 0 aliphatic rings. The number of hydrogen-bond donors (Lipinski definition) is 2. The fraction of sp³-hybridized carbons (Fsp3) is 0.500. The molecule has 0 aliphatic heterocycles. The zero-order valence-electron chi connectivity index (χ0n) is 14.5. The van der Waals surface area contributed by atoms with Crippen molar-refractivity contribution < 1.29 is 4.79 Å². The van der Waals surface area contributed by atoms with Crippen LogP contribution in [0.4, 0.5) is 5.82 Å². The second-order valence-corrected chi connectivity index (χ2v) is 6.71. The number of nitrogens with zero attached hydrogens (tertiary/aromatic N) is 4. The smallest absolute Gasteiger partial charge is 0.243 e. The van der Waals surface area contributed by atoms with Crippen LogP contribution in [-0.2, 0) is 11.3 Å². The van der Waals surface area contributed by atoms with Gasteiger partial charge in [-0.2, -0.15) is 5.10 Å². The lowest BCUT2D eigenvalue weighted by Gasteiger charge is -2.11. The van der Waals surface area contributed by atoms with E-state index in [1.54, 1.807) is 28.7 Å². The van der Waals surface area contributed by atoms with Crippen molar-refractivity contribution >= 4 is 34.5 Å². The molecule has 0 atom stereocenters. The van der Waals surface area contributed by atoms with Crippen LogP contribution in [0.1, 0.15) is 27.7 Å². The number of aromatic nitrogens is 4. The number of carbonyl (C=O) groups excluding carboxylic acids is 1. The molecular formula is C16H24N6OS. The SMILES string of the molecule is CC=CC(=O)NCCn1ncc2c(NC(C)C)nc(SCC)nc21. The Morgan fingerprint density at radius 1 is 1.42 bits per heavy atom. The summed E-state index contributed by atoms with van der Waals surface area (Å²) in [6, 6.07) is 0.269. The first-order valence-corrected chi connectivity index (χ1v) is 9.07. The molecule has 0 saturated heterocycles. The van der Waals surface area contributed by atoms with E-state index in [-0.39, 0.29) is 11.9 Å². The number of allylic oxidation sites excluding steroid dienone is 1. The van der Waals surface area contributed by atoms with Crippen LogP contribution in [0.5, 0.6) is 0 Å². The average molecular weight is 348 g/mol. The van der Waals surface area contributed by atoms with Gasteiger partial charge in [0.25, 0.3) is 0 Å². The highest BCUT2D eigenvalue weighted by atomic mass is 32.2. The van der Waals surface area contributed by atoms with Gasteiger partial charge in [0, 0.05) is 12.6 Å². The van der Waals surface area contributed by atoms with Crippen LogP contribution >= 0.6 is 11.8 Å². The first-order chi connectivity index (χ1) is 11.5. The summed E-state index contributed by atoms with van der Waals surface area (Å²) >= 11 is 1.60. The maximum Gasteiger partial charge on any atom is 0.243 e. The summed E-state index contributed by atoms with van der Waals surface area (Å²) in [6.45, 7) is 9.08. The van der Waals surface area contributed by atoms with Gasteiger partial charge >= 0.3 is 0 Å². The van der Waals surface area contributed by atoms with Crippen molar-refractivity contribution in [2.24, 2.45) is 0 Å². The molecule has 130 valence electrons. The monoisotopic (exact) mass is 348 g/mol. The van der Waals surface area contributed by atoms with Crippen molar-refractivity contribution in [2.75, 3.05) is 17.6 Å². The second-order valence-electron chi connectivity index (χ2n) is 5.48. The summed E-state index contributed by atoms with van der Waals surface area (Å²) in [5, 5.41) is 12.2. The van der Waals surface area contributed by atoms with Crippen molar-refractivity contribution in [3.63, 3.8) is 0 Å². The molecule has 0 aromatic carbocycles. The zero-order valence-corrected chi connectivity index (χ0v) is 15.4. The Balaban J connectivity index is 2.24. The molecule has 2 N–H and O–H groups in total. The van der Waals surface area contributed by atoms with Gasteiger partial charge in [-0.1, -0.05) is 24.8 Å². The van der Waals surface area contributed by atoms with Gasteiger partial charge in [0.2, 0.25) is 5.91 Å². The van der Waals surface area contributed by atoms with Gasteiger partial charge in [0.15, 0.2) is 10.8 Å². The van der Waals surface area contributed by atoms with E-state index in [0.717, 1.165) is 27.8 Å². The van der Waals surface area contributed by atoms with Crippen molar-refractivity contribution in [1.82, 2.24) is 25.1 Å². The fourth-order valence-electron chi connectivity index (χ4n) is 2.17. The van der Waals surface area contributed by atoms with Gasteiger partial charge in [-0.15, -0.1) is 0 Å². The molecular weight excluding hydrogens is 324 g/mol. The number of anilines is 1. The number of hydrogen-bond acceptors (Lipinski definition) is 6. The van der Waals surface area contributed by atoms with E-state index in [9.17, 15) is 4.79 Å². The van der Waals surface area contributed by atoms with Crippen LogP contribution in [0.2, 0.25) is 0 Å². The Morgan fingerprint density at radius 2 is 2.21 bits per heavy atom. The summed E-state index contributed by atoms with van der Waals surface area (Å²) in [5.74, 6) is 1.60. The predicted molar refractivity (Wildman–Crippen MR) is 98.3 cm³/mol.